The number of carboxylic acids is 1. The second-order valence-electron chi connectivity index (χ2n) is 3.92. The predicted octanol–water partition coefficient (Wildman–Crippen LogP) is 4.39. The van der Waals surface area contributed by atoms with Crippen molar-refractivity contribution in [2.45, 2.75) is 0 Å². The van der Waals surface area contributed by atoms with Gasteiger partial charge in [-0.1, -0.05) is 23.2 Å². The van der Waals surface area contributed by atoms with Crippen molar-refractivity contribution < 1.29 is 19.6 Å². The quantitative estimate of drug-likeness (QED) is 0.664. The van der Waals surface area contributed by atoms with Crippen LogP contribution in [0.5, 0.6) is 11.5 Å². The van der Waals surface area contributed by atoms with Gasteiger partial charge in [0, 0.05) is 18.2 Å². The summed E-state index contributed by atoms with van der Waals surface area (Å²) < 4.78 is 5.43. The number of hydrogen-bond acceptors (Lipinski definition) is 4. The van der Waals surface area contributed by atoms with Crippen LogP contribution in [0.1, 0.15) is 10.4 Å². The van der Waals surface area contributed by atoms with Crippen molar-refractivity contribution in [2.24, 2.45) is 0 Å². The minimum atomic E-state index is -1.15. The van der Waals surface area contributed by atoms with E-state index in [4.69, 9.17) is 33.0 Å². The van der Waals surface area contributed by atoms with Crippen LogP contribution < -0.4 is 4.74 Å². The van der Waals surface area contributed by atoms with Gasteiger partial charge in [0.05, 0.1) is 15.5 Å². The van der Waals surface area contributed by atoms with Crippen molar-refractivity contribution in [3.05, 3.63) is 62.1 Å². The lowest BCUT2D eigenvalue weighted by Gasteiger charge is -2.07. The summed E-state index contributed by atoms with van der Waals surface area (Å²) in [4.78, 5) is 20.9. The van der Waals surface area contributed by atoms with Crippen LogP contribution >= 0.6 is 23.2 Å². The van der Waals surface area contributed by atoms with Crippen LogP contribution in [0.15, 0.2) is 36.4 Å². The van der Waals surface area contributed by atoms with Crippen LogP contribution in [0, 0.1) is 10.1 Å². The maximum absolute atomic E-state index is 10.8. The lowest BCUT2D eigenvalue weighted by molar-refractivity contribution is -0.384. The first-order valence-corrected chi connectivity index (χ1v) is 6.28. The Morgan fingerprint density at radius 1 is 1.10 bits per heavy atom. The molecule has 21 heavy (non-hydrogen) atoms. The maximum Gasteiger partial charge on any atom is 0.337 e. The highest BCUT2D eigenvalue weighted by Crippen LogP contribution is 2.32. The molecule has 0 fully saturated rings. The monoisotopic (exact) mass is 327 g/mol. The number of nitro groups is 1. The molecule has 0 amide bonds. The summed E-state index contributed by atoms with van der Waals surface area (Å²) in [5.41, 5.74) is -0.283. The first kappa shape index (κ1) is 15.1. The Morgan fingerprint density at radius 2 is 1.67 bits per heavy atom. The van der Waals surface area contributed by atoms with E-state index in [1.54, 1.807) is 0 Å². The number of carboxylic acid groups (broad SMARTS) is 1. The summed E-state index contributed by atoms with van der Waals surface area (Å²) in [5.74, 6) is -0.593. The lowest BCUT2D eigenvalue weighted by Crippen LogP contribution is -1.97. The molecule has 2 rings (SSSR count). The first-order valence-electron chi connectivity index (χ1n) is 5.53. The lowest BCUT2D eigenvalue weighted by atomic mass is 10.2. The molecule has 0 bridgehead atoms. The number of hydrogen-bond donors (Lipinski definition) is 1. The molecule has 0 saturated heterocycles. The predicted molar refractivity (Wildman–Crippen MR) is 76.6 cm³/mol. The third-order valence-electron chi connectivity index (χ3n) is 2.52. The molecule has 8 heteroatoms. The van der Waals surface area contributed by atoms with E-state index in [2.05, 4.69) is 0 Å². The van der Waals surface area contributed by atoms with Crippen LogP contribution in [0.25, 0.3) is 0 Å². The van der Waals surface area contributed by atoms with Crippen molar-refractivity contribution in [2.75, 3.05) is 0 Å². The average Bonchev–Trinajstić information content (AvgIpc) is 2.37. The van der Waals surface area contributed by atoms with Gasteiger partial charge in [0.25, 0.3) is 5.69 Å². The van der Waals surface area contributed by atoms with E-state index in [0.717, 1.165) is 0 Å². The van der Waals surface area contributed by atoms with Gasteiger partial charge in [-0.3, -0.25) is 10.1 Å². The number of nitrogens with zero attached hydrogens (tertiary/aromatic N) is 1. The number of benzene rings is 2. The smallest absolute Gasteiger partial charge is 0.337 e. The van der Waals surface area contributed by atoms with E-state index in [-0.39, 0.29) is 32.8 Å². The van der Waals surface area contributed by atoms with Gasteiger partial charge in [0.1, 0.15) is 16.5 Å². The third-order valence-corrected chi connectivity index (χ3v) is 3.14. The number of carbonyl (C=O) groups is 1. The molecular weight excluding hydrogens is 321 g/mol. The Hall–Kier alpha value is -2.31. The highest BCUT2D eigenvalue weighted by Gasteiger charge is 2.14. The van der Waals surface area contributed by atoms with E-state index < -0.39 is 10.9 Å². The Bertz CT molecular complexity index is 671. The number of rotatable bonds is 4. The third kappa shape index (κ3) is 3.42. The largest absolute Gasteiger partial charge is 0.478 e. The zero-order valence-corrected chi connectivity index (χ0v) is 11.8. The maximum atomic E-state index is 10.8. The average molecular weight is 328 g/mol. The summed E-state index contributed by atoms with van der Waals surface area (Å²) in [6, 6.07) is 7.94. The molecule has 0 spiro atoms. The fourth-order valence-electron chi connectivity index (χ4n) is 1.57. The van der Waals surface area contributed by atoms with Gasteiger partial charge in [-0.15, -0.1) is 0 Å². The molecular formula is C13H7Cl2NO5. The van der Waals surface area contributed by atoms with Crippen LogP contribution in [0.2, 0.25) is 10.0 Å². The topological polar surface area (TPSA) is 89.7 Å². The van der Waals surface area contributed by atoms with Crippen LogP contribution in [0.3, 0.4) is 0 Å². The van der Waals surface area contributed by atoms with Crippen LogP contribution in [-0.2, 0) is 0 Å². The molecule has 0 aliphatic rings. The van der Waals surface area contributed by atoms with Gasteiger partial charge in [-0.2, -0.15) is 0 Å². The van der Waals surface area contributed by atoms with E-state index in [1.165, 1.54) is 36.4 Å². The molecule has 0 radical (unpaired) electrons. The fourth-order valence-corrected chi connectivity index (χ4v) is 2.06. The van der Waals surface area contributed by atoms with E-state index in [1.807, 2.05) is 0 Å². The second kappa shape index (κ2) is 5.99. The number of halogens is 2. The van der Waals surface area contributed by atoms with Crippen LogP contribution in [0.4, 0.5) is 5.69 Å². The van der Waals surface area contributed by atoms with E-state index >= 15 is 0 Å². The summed E-state index contributed by atoms with van der Waals surface area (Å²) in [7, 11) is 0. The van der Waals surface area contributed by atoms with Gasteiger partial charge in [-0.05, 0) is 18.2 Å². The van der Waals surface area contributed by atoms with Gasteiger partial charge >= 0.3 is 5.97 Å². The summed E-state index contributed by atoms with van der Waals surface area (Å²) in [6.07, 6.45) is 0. The van der Waals surface area contributed by atoms with Crippen molar-refractivity contribution >= 4 is 34.9 Å². The number of nitro benzene ring substituents is 1. The Morgan fingerprint density at radius 3 is 2.14 bits per heavy atom. The van der Waals surface area contributed by atoms with E-state index in [0.29, 0.717) is 0 Å². The van der Waals surface area contributed by atoms with Gasteiger partial charge in [0.2, 0.25) is 0 Å². The van der Waals surface area contributed by atoms with Crippen molar-refractivity contribution in [3.63, 3.8) is 0 Å². The zero-order chi connectivity index (χ0) is 15.6. The molecule has 0 aliphatic carbocycles. The molecule has 0 saturated carbocycles. The van der Waals surface area contributed by atoms with Gasteiger partial charge < -0.3 is 9.84 Å². The molecule has 0 heterocycles. The highest BCUT2D eigenvalue weighted by atomic mass is 35.5. The number of ether oxygens (including phenoxy) is 1. The Balaban J connectivity index is 2.26. The second-order valence-corrected chi connectivity index (χ2v) is 4.73. The Labute approximate surface area is 128 Å². The van der Waals surface area contributed by atoms with Crippen LogP contribution in [-0.4, -0.2) is 16.0 Å². The highest BCUT2D eigenvalue weighted by molar-refractivity contribution is 6.33. The number of aromatic carboxylic acids is 1. The molecule has 6 nitrogen and oxygen atoms in total. The minimum absolute atomic E-state index is 0.0213. The summed E-state index contributed by atoms with van der Waals surface area (Å²) in [6.45, 7) is 0. The minimum Gasteiger partial charge on any atom is -0.478 e. The van der Waals surface area contributed by atoms with Crippen molar-refractivity contribution in [1.29, 1.82) is 0 Å². The van der Waals surface area contributed by atoms with Crippen molar-refractivity contribution in [1.82, 2.24) is 0 Å². The zero-order valence-electron chi connectivity index (χ0n) is 10.2. The van der Waals surface area contributed by atoms with E-state index in [9.17, 15) is 14.9 Å². The van der Waals surface area contributed by atoms with Gasteiger partial charge in [0.15, 0.2) is 0 Å². The molecule has 108 valence electrons. The first-order chi connectivity index (χ1) is 9.88. The molecule has 0 atom stereocenters. The molecule has 2 aromatic carbocycles. The SMILES string of the molecule is O=C(O)c1ccc(Oc2ccc([N+](=O)[O-])c(Cl)c2)cc1Cl. The standard InChI is InChI=1S/C13H7Cl2NO5/c14-10-5-7(1-3-9(10)13(17)18)21-8-2-4-12(16(19)20)11(15)6-8/h1-6H,(H,17,18). The molecule has 1 N–H and O–H groups in total. The van der Waals surface area contributed by atoms with Crippen molar-refractivity contribution in [3.8, 4) is 11.5 Å². The molecule has 2 aromatic rings. The normalized spacial score (nSPS) is 10.2. The molecule has 0 unspecified atom stereocenters. The summed E-state index contributed by atoms with van der Waals surface area (Å²) in [5, 5.41) is 19.5. The Kier molecular flexibility index (Phi) is 4.30. The molecule has 0 aliphatic heterocycles. The fraction of sp³-hybridized carbons (Fsp3) is 0. The summed E-state index contributed by atoms with van der Waals surface area (Å²) >= 11 is 11.6. The van der Waals surface area contributed by atoms with Gasteiger partial charge in [-0.25, -0.2) is 4.79 Å². The molecule has 0 aromatic heterocycles.